The Kier molecular flexibility index (Phi) is 6.46. The summed E-state index contributed by atoms with van der Waals surface area (Å²) in [5, 5.41) is 2.25. The Hall–Kier alpha value is -5.01. The van der Waals surface area contributed by atoms with Gasteiger partial charge in [0, 0.05) is 31.1 Å². The fraction of sp³-hybridized carbons (Fsp3) is 0.237. The van der Waals surface area contributed by atoms with E-state index < -0.39 is 11.9 Å². The maximum absolute atomic E-state index is 14.2. The summed E-state index contributed by atoms with van der Waals surface area (Å²) in [6.45, 7) is 2.72. The fourth-order valence-electron chi connectivity index (χ4n) is 7.21. The van der Waals surface area contributed by atoms with Crippen LogP contribution in [0.3, 0.4) is 0 Å². The van der Waals surface area contributed by atoms with E-state index in [-0.39, 0.29) is 17.4 Å². The molecule has 0 spiro atoms. The number of aromatic nitrogens is 1. The quantitative estimate of drug-likeness (QED) is 0.157. The molecule has 2 unspecified atom stereocenters. The van der Waals surface area contributed by atoms with Crippen LogP contribution in [0.4, 0.5) is 0 Å². The van der Waals surface area contributed by atoms with Gasteiger partial charge in [-0.05, 0) is 59.4 Å². The predicted molar refractivity (Wildman–Crippen MR) is 171 cm³/mol. The number of pyridine rings is 1. The van der Waals surface area contributed by atoms with Gasteiger partial charge in [-0.15, -0.1) is 0 Å². The third-order valence-electron chi connectivity index (χ3n) is 9.45. The molecule has 5 aromatic rings. The summed E-state index contributed by atoms with van der Waals surface area (Å²) in [6, 6.07) is 31.4. The summed E-state index contributed by atoms with van der Waals surface area (Å²) >= 11 is 0. The zero-order valence-corrected chi connectivity index (χ0v) is 25.0. The van der Waals surface area contributed by atoms with Crippen LogP contribution in [-0.4, -0.2) is 33.6 Å². The number of rotatable bonds is 7. The van der Waals surface area contributed by atoms with Gasteiger partial charge in [0.05, 0.1) is 23.2 Å². The van der Waals surface area contributed by atoms with Gasteiger partial charge in [-0.25, -0.2) is 0 Å². The zero-order chi connectivity index (χ0) is 30.7. The highest BCUT2D eigenvalue weighted by atomic mass is 16.7. The van der Waals surface area contributed by atoms with Crippen LogP contribution in [0.2, 0.25) is 0 Å². The van der Waals surface area contributed by atoms with Gasteiger partial charge in [0.1, 0.15) is 11.9 Å². The molecule has 0 radical (unpaired) electrons. The van der Waals surface area contributed by atoms with Crippen molar-refractivity contribution in [3.8, 4) is 5.75 Å². The third kappa shape index (κ3) is 4.49. The van der Waals surface area contributed by atoms with Crippen molar-refractivity contribution < 1.29 is 19.1 Å². The van der Waals surface area contributed by atoms with Crippen LogP contribution in [-0.2, 0) is 17.7 Å². The number of unbranched alkanes of at least 4 members (excludes halogenated alkanes) is 1. The molecule has 2 amide bonds. The van der Waals surface area contributed by atoms with E-state index in [1.165, 1.54) is 4.90 Å². The summed E-state index contributed by atoms with van der Waals surface area (Å²) < 4.78 is 15.4. The summed E-state index contributed by atoms with van der Waals surface area (Å²) in [7, 11) is 0. The number of aryl methyl sites for hydroxylation is 1. The molecule has 0 N–H and O–H groups in total. The second kappa shape index (κ2) is 10.6. The van der Waals surface area contributed by atoms with Crippen molar-refractivity contribution >= 4 is 22.6 Å². The average Bonchev–Trinajstić information content (AvgIpc) is 3.30. The number of carbonyl (C=O) groups excluding carboxylic acids is 2. The minimum Gasteiger partial charge on any atom is -0.461 e. The standard InChI is InChI=1S/C38H32N2O5/c1-24-21-32-33(37(43)40(24)23-25-11-3-2-4-12-25)34-28-18-17-26-13-5-6-14-27(26)31(28)22-38(44-32,45-34)19-9-10-20-39-35(41)29-15-7-8-16-30(29)36(39)42/h2-8,11-18,21,34H,9-10,19-20,22-23H2,1H3. The molecule has 4 aromatic carbocycles. The molecular formula is C38H32N2O5. The number of hydrogen-bond donors (Lipinski definition) is 0. The molecule has 0 fully saturated rings. The van der Waals surface area contributed by atoms with E-state index in [4.69, 9.17) is 9.47 Å². The summed E-state index contributed by atoms with van der Waals surface area (Å²) in [5.74, 6) is -0.903. The SMILES string of the molecule is Cc1cc2c(c(=O)n1Cc1ccccc1)C1OC(CCCCN3C(=O)c4ccccc4C3=O)(Cc3c1ccc1ccccc31)O2. The van der Waals surface area contributed by atoms with Crippen molar-refractivity contribution in [3.63, 3.8) is 0 Å². The Morgan fingerprint density at radius 2 is 1.53 bits per heavy atom. The summed E-state index contributed by atoms with van der Waals surface area (Å²) in [6.07, 6.45) is 1.77. The topological polar surface area (TPSA) is 77.8 Å². The number of ether oxygens (including phenoxy) is 2. The molecule has 8 rings (SSSR count). The number of fused-ring (bicyclic) bond motifs is 9. The van der Waals surface area contributed by atoms with Crippen molar-refractivity contribution in [2.75, 3.05) is 6.54 Å². The van der Waals surface area contributed by atoms with Crippen LogP contribution in [0, 0.1) is 6.92 Å². The van der Waals surface area contributed by atoms with E-state index in [0.717, 1.165) is 33.2 Å². The Balaban J connectivity index is 1.13. The van der Waals surface area contributed by atoms with E-state index in [0.29, 0.717) is 61.2 Å². The van der Waals surface area contributed by atoms with Crippen molar-refractivity contribution in [1.29, 1.82) is 0 Å². The summed E-state index contributed by atoms with van der Waals surface area (Å²) in [5.41, 5.74) is 5.32. The first kappa shape index (κ1) is 27.5. The molecule has 3 aliphatic heterocycles. The van der Waals surface area contributed by atoms with Crippen LogP contribution >= 0.6 is 0 Å². The fourth-order valence-corrected chi connectivity index (χ4v) is 7.21. The molecule has 3 aliphatic rings. The molecule has 4 heterocycles. The Morgan fingerprint density at radius 1 is 0.822 bits per heavy atom. The number of amides is 2. The Bertz CT molecular complexity index is 2030. The molecule has 7 heteroatoms. The van der Waals surface area contributed by atoms with Crippen molar-refractivity contribution in [2.45, 2.75) is 51.0 Å². The van der Waals surface area contributed by atoms with E-state index in [1.54, 1.807) is 28.8 Å². The van der Waals surface area contributed by atoms with Gasteiger partial charge in [0.25, 0.3) is 17.4 Å². The molecule has 2 atom stereocenters. The van der Waals surface area contributed by atoms with E-state index in [2.05, 4.69) is 24.3 Å². The highest BCUT2D eigenvalue weighted by molar-refractivity contribution is 6.21. The lowest BCUT2D eigenvalue weighted by Gasteiger charge is -2.47. The third-order valence-corrected chi connectivity index (χ3v) is 9.45. The molecule has 0 saturated carbocycles. The highest BCUT2D eigenvalue weighted by Crippen LogP contribution is 2.50. The van der Waals surface area contributed by atoms with Crippen LogP contribution in [0.1, 0.15) is 74.0 Å². The van der Waals surface area contributed by atoms with Gasteiger partial charge in [-0.3, -0.25) is 19.3 Å². The van der Waals surface area contributed by atoms with Crippen molar-refractivity contribution in [3.05, 3.63) is 146 Å². The maximum Gasteiger partial charge on any atom is 0.261 e. The molecular weight excluding hydrogens is 564 g/mol. The first-order valence-corrected chi connectivity index (χ1v) is 15.5. The minimum absolute atomic E-state index is 0.112. The van der Waals surface area contributed by atoms with Crippen molar-refractivity contribution in [2.24, 2.45) is 0 Å². The number of nitrogens with zero attached hydrogens (tertiary/aromatic N) is 2. The predicted octanol–water partition coefficient (Wildman–Crippen LogP) is 6.58. The largest absolute Gasteiger partial charge is 0.461 e. The lowest BCUT2D eigenvalue weighted by Crippen LogP contribution is -2.51. The first-order chi connectivity index (χ1) is 21.9. The van der Waals surface area contributed by atoms with Gasteiger partial charge < -0.3 is 14.0 Å². The lowest BCUT2D eigenvalue weighted by molar-refractivity contribution is -0.232. The Labute approximate surface area is 260 Å². The van der Waals surface area contributed by atoms with Gasteiger partial charge in [-0.2, -0.15) is 0 Å². The lowest BCUT2D eigenvalue weighted by atomic mass is 9.83. The maximum atomic E-state index is 14.2. The smallest absolute Gasteiger partial charge is 0.261 e. The van der Waals surface area contributed by atoms with E-state index in [9.17, 15) is 14.4 Å². The summed E-state index contributed by atoms with van der Waals surface area (Å²) in [4.78, 5) is 41.4. The van der Waals surface area contributed by atoms with Crippen LogP contribution in [0.25, 0.3) is 10.8 Å². The number of hydrogen-bond acceptors (Lipinski definition) is 5. The number of benzene rings is 4. The molecule has 224 valence electrons. The monoisotopic (exact) mass is 596 g/mol. The second-order valence-electron chi connectivity index (χ2n) is 12.2. The molecule has 2 bridgehead atoms. The highest BCUT2D eigenvalue weighted by Gasteiger charge is 2.49. The molecule has 1 aromatic heterocycles. The Morgan fingerprint density at radius 3 is 2.31 bits per heavy atom. The zero-order valence-electron chi connectivity index (χ0n) is 25.0. The second-order valence-corrected chi connectivity index (χ2v) is 12.2. The molecule has 0 aliphatic carbocycles. The average molecular weight is 597 g/mol. The van der Waals surface area contributed by atoms with Crippen LogP contribution in [0.15, 0.2) is 102 Å². The number of imide groups is 1. The normalized spacial score (nSPS) is 19.7. The molecule has 0 saturated heterocycles. The van der Waals surface area contributed by atoms with Gasteiger partial charge in [0.15, 0.2) is 0 Å². The molecule has 7 nitrogen and oxygen atoms in total. The van der Waals surface area contributed by atoms with Gasteiger partial charge in [0.2, 0.25) is 5.79 Å². The van der Waals surface area contributed by atoms with E-state index in [1.807, 2.05) is 55.5 Å². The van der Waals surface area contributed by atoms with Crippen LogP contribution in [0.5, 0.6) is 5.75 Å². The van der Waals surface area contributed by atoms with Gasteiger partial charge in [-0.1, -0.05) is 78.9 Å². The van der Waals surface area contributed by atoms with Crippen LogP contribution < -0.4 is 10.3 Å². The van der Waals surface area contributed by atoms with Gasteiger partial charge >= 0.3 is 0 Å². The van der Waals surface area contributed by atoms with E-state index >= 15 is 0 Å². The van der Waals surface area contributed by atoms with Crippen molar-refractivity contribution in [1.82, 2.24) is 9.47 Å². The number of carbonyl (C=O) groups is 2. The molecule has 45 heavy (non-hydrogen) atoms. The first-order valence-electron chi connectivity index (χ1n) is 15.5. The minimum atomic E-state index is -0.985.